The molecule has 6 nitrogen and oxygen atoms in total. The van der Waals surface area contributed by atoms with Crippen LogP contribution in [-0.4, -0.2) is 38.3 Å². The van der Waals surface area contributed by atoms with E-state index in [2.05, 4.69) is 46.0 Å². The van der Waals surface area contributed by atoms with Gasteiger partial charge in [0, 0.05) is 6.20 Å². The van der Waals surface area contributed by atoms with Crippen LogP contribution in [0.4, 0.5) is 0 Å². The van der Waals surface area contributed by atoms with Crippen molar-refractivity contribution in [2.24, 2.45) is 0 Å². The number of nitrogens with zero attached hydrogens (tertiary/aromatic N) is 5. The SMILES string of the molecule is CCCN(CCC)[C@@H](C)c1nc(-c2cccnn2)no1. The molecule has 0 unspecified atom stereocenters. The highest BCUT2D eigenvalue weighted by molar-refractivity contribution is 5.46. The van der Waals surface area contributed by atoms with Crippen LogP contribution in [-0.2, 0) is 0 Å². The van der Waals surface area contributed by atoms with Gasteiger partial charge in [-0.2, -0.15) is 10.1 Å². The van der Waals surface area contributed by atoms with E-state index in [9.17, 15) is 0 Å². The van der Waals surface area contributed by atoms with Gasteiger partial charge < -0.3 is 4.52 Å². The summed E-state index contributed by atoms with van der Waals surface area (Å²) in [6.07, 6.45) is 3.84. The van der Waals surface area contributed by atoms with Gasteiger partial charge in [-0.05, 0) is 45.0 Å². The highest BCUT2D eigenvalue weighted by Gasteiger charge is 2.21. The van der Waals surface area contributed by atoms with Crippen LogP contribution in [0.3, 0.4) is 0 Å². The largest absolute Gasteiger partial charge is 0.337 e. The Morgan fingerprint density at radius 2 is 2.00 bits per heavy atom. The Bertz CT molecular complexity index is 507. The zero-order chi connectivity index (χ0) is 14.4. The van der Waals surface area contributed by atoms with Crippen LogP contribution < -0.4 is 0 Å². The molecule has 0 saturated heterocycles. The van der Waals surface area contributed by atoms with Crippen molar-refractivity contribution in [2.45, 2.75) is 39.7 Å². The van der Waals surface area contributed by atoms with Crippen molar-refractivity contribution in [2.75, 3.05) is 13.1 Å². The van der Waals surface area contributed by atoms with Crippen LogP contribution >= 0.6 is 0 Å². The first kappa shape index (κ1) is 14.6. The molecule has 0 spiro atoms. The summed E-state index contributed by atoms with van der Waals surface area (Å²) in [5.41, 5.74) is 0.632. The molecule has 20 heavy (non-hydrogen) atoms. The van der Waals surface area contributed by atoms with Gasteiger partial charge in [-0.25, -0.2) is 0 Å². The average Bonchev–Trinajstić information content (AvgIpc) is 2.97. The van der Waals surface area contributed by atoms with Gasteiger partial charge in [0.2, 0.25) is 11.7 Å². The number of aromatic nitrogens is 4. The molecule has 0 saturated carbocycles. The molecule has 0 aliphatic carbocycles. The van der Waals surface area contributed by atoms with E-state index in [1.807, 2.05) is 12.1 Å². The Balaban J connectivity index is 2.15. The first-order valence-corrected chi connectivity index (χ1v) is 7.12. The van der Waals surface area contributed by atoms with E-state index in [-0.39, 0.29) is 6.04 Å². The number of hydrogen-bond acceptors (Lipinski definition) is 6. The second kappa shape index (κ2) is 7.09. The molecule has 0 fully saturated rings. The Labute approximate surface area is 119 Å². The zero-order valence-corrected chi connectivity index (χ0v) is 12.3. The molecule has 0 radical (unpaired) electrons. The lowest BCUT2D eigenvalue weighted by Gasteiger charge is -2.25. The average molecular weight is 275 g/mol. The van der Waals surface area contributed by atoms with Crippen LogP contribution in [0.2, 0.25) is 0 Å². The molecule has 0 amide bonds. The number of rotatable bonds is 7. The summed E-state index contributed by atoms with van der Waals surface area (Å²) in [5.74, 6) is 1.13. The molecule has 0 aliphatic rings. The standard InChI is InChI=1S/C14H21N5O/c1-4-9-19(10-5-2)11(3)14-16-13(18-20-14)12-7-6-8-15-17-12/h6-8,11H,4-5,9-10H2,1-3H3/t11-/m0/s1. The predicted octanol–water partition coefficient (Wildman–Crippen LogP) is 2.71. The maximum Gasteiger partial charge on any atom is 0.244 e. The summed E-state index contributed by atoms with van der Waals surface area (Å²) in [7, 11) is 0. The maximum absolute atomic E-state index is 5.38. The predicted molar refractivity (Wildman–Crippen MR) is 75.9 cm³/mol. The minimum Gasteiger partial charge on any atom is -0.337 e. The Morgan fingerprint density at radius 3 is 2.60 bits per heavy atom. The molecule has 108 valence electrons. The van der Waals surface area contributed by atoms with Crippen LogP contribution in [0.15, 0.2) is 22.9 Å². The van der Waals surface area contributed by atoms with Crippen molar-refractivity contribution in [1.29, 1.82) is 0 Å². The van der Waals surface area contributed by atoms with Gasteiger partial charge in [-0.1, -0.05) is 19.0 Å². The maximum atomic E-state index is 5.38. The molecular weight excluding hydrogens is 254 g/mol. The van der Waals surface area contributed by atoms with E-state index in [4.69, 9.17) is 4.52 Å². The third-order valence-corrected chi connectivity index (χ3v) is 3.17. The van der Waals surface area contributed by atoms with Gasteiger partial charge in [-0.3, -0.25) is 4.90 Å². The topological polar surface area (TPSA) is 67.9 Å². The van der Waals surface area contributed by atoms with Crippen LogP contribution in [0.5, 0.6) is 0 Å². The van der Waals surface area contributed by atoms with Gasteiger partial charge in [0.25, 0.3) is 0 Å². The van der Waals surface area contributed by atoms with Crippen molar-refractivity contribution < 1.29 is 4.52 Å². The summed E-state index contributed by atoms with van der Waals surface area (Å²) < 4.78 is 5.38. The fourth-order valence-corrected chi connectivity index (χ4v) is 2.16. The molecule has 0 aromatic carbocycles. The molecule has 0 N–H and O–H groups in total. The lowest BCUT2D eigenvalue weighted by atomic mass is 10.2. The molecule has 2 rings (SSSR count). The summed E-state index contributed by atoms with van der Waals surface area (Å²) in [4.78, 5) is 6.80. The Morgan fingerprint density at radius 1 is 1.25 bits per heavy atom. The van der Waals surface area contributed by atoms with Gasteiger partial charge >= 0.3 is 0 Å². The molecule has 0 aliphatic heterocycles. The highest BCUT2D eigenvalue weighted by Crippen LogP contribution is 2.21. The summed E-state index contributed by atoms with van der Waals surface area (Å²) in [6.45, 7) is 8.50. The van der Waals surface area contributed by atoms with Gasteiger partial charge in [0.15, 0.2) is 0 Å². The number of hydrogen-bond donors (Lipinski definition) is 0. The van der Waals surface area contributed by atoms with Crippen LogP contribution in [0.25, 0.3) is 11.5 Å². The van der Waals surface area contributed by atoms with E-state index in [0.29, 0.717) is 17.4 Å². The van der Waals surface area contributed by atoms with E-state index in [1.165, 1.54) is 0 Å². The third-order valence-electron chi connectivity index (χ3n) is 3.17. The normalized spacial score (nSPS) is 12.8. The summed E-state index contributed by atoms with van der Waals surface area (Å²) >= 11 is 0. The highest BCUT2D eigenvalue weighted by atomic mass is 16.5. The Hall–Kier alpha value is -1.82. The molecule has 1 atom stereocenters. The molecule has 6 heteroatoms. The molecule has 2 aromatic heterocycles. The monoisotopic (exact) mass is 275 g/mol. The van der Waals surface area contributed by atoms with Crippen molar-refractivity contribution in [3.05, 3.63) is 24.2 Å². The van der Waals surface area contributed by atoms with Gasteiger partial charge in [-0.15, -0.1) is 5.10 Å². The van der Waals surface area contributed by atoms with E-state index < -0.39 is 0 Å². The molecule has 0 bridgehead atoms. The second-order valence-electron chi connectivity index (χ2n) is 4.78. The van der Waals surface area contributed by atoms with Gasteiger partial charge in [0.05, 0.1) is 6.04 Å². The van der Waals surface area contributed by atoms with E-state index in [1.54, 1.807) is 6.20 Å². The van der Waals surface area contributed by atoms with Crippen molar-refractivity contribution >= 4 is 0 Å². The first-order chi connectivity index (χ1) is 9.76. The van der Waals surface area contributed by atoms with Gasteiger partial charge in [0.1, 0.15) is 5.69 Å². The molecular formula is C14H21N5O. The Kier molecular flexibility index (Phi) is 5.17. The minimum absolute atomic E-state index is 0.118. The fourth-order valence-electron chi connectivity index (χ4n) is 2.16. The summed E-state index contributed by atoms with van der Waals surface area (Å²) in [6, 6.07) is 3.75. The third kappa shape index (κ3) is 3.39. The zero-order valence-electron chi connectivity index (χ0n) is 12.3. The van der Waals surface area contributed by atoms with Crippen LogP contribution in [0.1, 0.15) is 45.5 Å². The molecule has 2 aromatic rings. The first-order valence-electron chi connectivity index (χ1n) is 7.12. The lowest BCUT2D eigenvalue weighted by Crippen LogP contribution is -2.28. The van der Waals surface area contributed by atoms with E-state index >= 15 is 0 Å². The lowest BCUT2D eigenvalue weighted by molar-refractivity contribution is 0.173. The van der Waals surface area contributed by atoms with Crippen molar-refractivity contribution in [3.63, 3.8) is 0 Å². The summed E-state index contributed by atoms with van der Waals surface area (Å²) in [5, 5.41) is 11.8. The quantitative estimate of drug-likeness (QED) is 0.774. The van der Waals surface area contributed by atoms with Crippen molar-refractivity contribution in [3.8, 4) is 11.5 Å². The van der Waals surface area contributed by atoms with Crippen LogP contribution in [0, 0.1) is 0 Å². The fraction of sp³-hybridized carbons (Fsp3) is 0.571. The minimum atomic E-state index is 0.118. The second-order valence-corrected chi connectivity index (χ2v) is 4.78. The smallest absolute Gasteiger partial charge is 0.244 e. The molecule has 2 heterocycles. The van der Waals surface area contributed by atoms with E-state index in [0.717, 1.165) is 25.9 Å². The van der Waals surface area contributed by atoms with Crippen molar-refractivity contribution in [1.82, 2.24) is 25.2 Å².